The summed E-state index contributed by atoms with van der Waals surface area (Å²) in [5, 5.41) is 6.30. The Kier molecular flexibility index (Phi) is 2.72. The minimum Gasteiger partial charge on any atom is -0.353 e. The Balaban J connectivity index is 1.64. The number of hydrogen-bond donors (Lipinski definition) is 1. The topological polar surface area (TPSA) is 67.6 Å². The number of fused-ring (bicyclic) bond motifs is 3. The van der Waals surface area contributed by atoms with E-state index in [1.54, 1.807) is 6.20 Å². The molecule has 3 aromatic heterocycles. The van der Waals surface area contributed by atoms with Crippen LogP contribution in [0.5, 0.6) is 0 Å². The molecule has 0 spiro atoms. The van der Waals surface area contributed by atoms with Gasteiger partial charge in [0.15, 0.2) is 0 Å². The number of aromatic nitrogens is 4. The highest BCUT2D eigenvalue weighted by molar-refractivity contribution is 6.07. The molecule has 1 N–H and O–H groups in total. The lowest BCUT2D eigenvalue weighted by Gasteiger charge is -1.95. The normalized spacial score (nSPS) is 11.3. The minimum atomic E-state index is 0.418. The van der Waals surface area contributed by atoms with E-state index in [9.17, 15) is 0 Å². The quantitative estimate of drug-likeness (QED) is 0.523. The number of nitrogens with one attached hydrogen (secondary N) is 1. The van der Waals surface area contributed by atoms with Crippen molar-refractivity contribution in [1.29, 1.82) is 0 Å². The monoisotopic (exact) mass is 312 g/mol. The van der Waals surface area contributed by atoms with Gasteiger partial charge in [0.2, 0.25) is 5.82 Å². The maximum Gasteiger partial charge on any atom is 0.276 e. The van der Waals surface area contributed by atoms with E-state index in [1.807, 2.05) is 48.5 Å². The highest BCUT2D eigenvalue weighted by Crippen LogP contribution is 2.28. The van der Waals surface area contributed by atoms with Gasteiger partial charge in [-0.3, -0.25) is 0 Å². The standard InChI is InChI=1S/C19H12N4O/c1-2-6-12(7-3-1)18-22-19(24-23-18)16-10-14-13-8-4-5-9-15(13)21-17(14)11-20-16/h1-11,21H. The zero-order valence-corrected chi connectivity index (χ0v) is 12.6. The van der Waals surface area contributed by atoms with Crippen LogP contribution in [0.1, 0.15) is 0 Å². The largest absolute Gasteiger partial charge is 0.353 e. The molecule has 2 aromatic carbocycles. The lowest BCUT2D eigenvalue weighted by molar-refractivity contribution is 0.431. The molecule has 0 aliphatic rings. The second-order valence-corrected chi connectivity index (χ2v) is 5.57. The van der Waals surface area contributed by atoms with Crippen LogP contribution in [0.4, 0.5) is 0 Å². The predicted molar refractivity (Wildman–Crippen MR) is 92.3 cm³/mol. The van der Waals surface area contributed by atoms with E-state index >= 15 is 0 Å². The molecule has 0 bridgehead atoms. The molecule has 3 heterocycles. The van der Waals surface area contributed by atoms with E-state index in [1.165, 1.54) is 0 Å². The van der Waals surface area contributed by atoms with Crippen LogP contribution in [0, 0.1) is 0 Å². The lowest BCUT2D eigenvalue weighted by Crippen LogP contribution is -1.84. The molecule has 24 heavy (non-hydrogen) atoms. The van der Waals surface area contributed by atoms with Crippen molar-refractivity contribution >= 4 is 21.8 Å². The van der Waals surface area contributed by atoms with Crippen molar-refractivity contribution in [1.82, 2.24) is 20.1 Å². The van der Waals surface area contributed by atoms with Crippen molar-refractivity contribution in [2.45, 2.75) is 0 Å². The van der Waals surface area contributed by atoms with Crippen molar-refractivity contribution in [2.75, 3.05) is 0 Å². The Morgan fingerprint density at radius 2 is 1.67 bits per heavy atom. The second-order valence-electron chi connectivity index (χ2n) is 5.57. The molecule has 0 aliphatic carbocycles. The number of H-pyrrole nitrogens is 1. The zero-order chi connectivity index (χ0) is 15.9. The molecule has 5 nitrogen and oxygen atoms in total. The molecule has 0 saturated carbocycles. The lowest BCUT2D eigenvalue weighted by atomic mass is 10.1. The van der Waals surface area contributed by atoms with Gasteiger partial charge in [-0.2, -0.15) is 4.98 Å². The molecule has 0 saturated heterocycles. The van der Waals surface area contributed by atoms with E-state index in [-0.39, 0.29) is 0 Å². The first-order valence-corrected chi connectivity index (χ1v) is 7.64. The number of hydrogen-bond acceptors (Lipinski definition) is 4. The van der Waals surface area contributed by atoms with Crippen molar-refractivity contribution in [3.8, 4) is 23.0 Å². The van der Waals surface area contributed by atoms with E-state index in [2.05, 4.69) is 32.2 Å². The van der Waals surface area contributed by atoms with Crippen molar-refractivity contribution in [3.05, 3.63) is 66.9 Å². The van der Waals surface area contributed by atoms with Crippen molar-refractivity contribution in [2.24, 2.45) is 0 Å². The maximum atomic E-state index is 5.41. The van der Waals surface area contributed by atoms with Gasteiger partial charge in [-0.1, -0.05) is 53.7 Å². The van der Waals surface area contributed by atoms with E-state index in [0.29, 0.717) is 17.4 Å². The summed E-state index contributed by atoms with van der Waals surface area (Å²) in [7, 11) is 0. The second kappa shape index (κ2) is 5.03. The Labute approximate surface area is 137 Å². The molecule has 0 fully saturated rings. The summed E-state index contributed by atoms with van der Waals surface area (Å²) in [5.41, 5.74) is 3.66. The molecule has 0 amide bonds. The molecule has 5 rings (SSSR count). The molecule has 0 aliphatic heterocycles. The van der Waals surface area contributed by atoms with Crippen LogP contribution in [0.25, 0.3) is 44.8 Å². The highest BCUT2D eigenvalue weighted by atomic mass is 16.5. The first kappa shape index (κ1) is 13.0. The fourth-order valence-corrected chi connectivity index (χ4v) is 2.90. The summed E-state index contributed by atoms with van der Waals surface area (Å²) in [6.07, 6.45) is 1.80. The highest BCUT2D eigenvalue weighted by Gasteiger charge is 2.13. The average Bonchev–Trinajstić information content (AvgIpc) is 3.27. The van der Waals surface area contributed by atoms with Crippen LogP contribution < -0.4 is 0 Å². The zero-order valence-electron chi connectivity index (χ0n) is 12.6. The third-order valence-electron chi connectivity index (χ3n) is 4.07. The Morgan fingerprint density at radius 1 is 0.833 bits per heavy atom. The number of para-hydroxylation sites is 1. The Morgan fingerprint density at radius 3 is 2.58 bits per heavy atom. The molecular weight excluding hydrogens is 300 g/mol. The smallest absolute Gasteiger partial charge is 0.276 e. The molecule has 0 radical (unpaired) electrons. The third kappa shape index (κ3) is 1.99. The van der Waals surface area contributed by atoms with Gasteiger partial charge >= 0.3 is 0 Å². The number of nitrogens with zero attached hydrogens (tertiary/aromatic N) is 3. The van der Waals surface area contributed by atoms with Gasteiger partial charge in [0.1, 0.15) is 5.69 Å². The summed E-state index contributed by atoms with van der Waals surface area (Å²) in [6, 6.07) is 19.9. The molecule has 0 unspecified atom stereocenters. The molecule has 5 aromatic rings. The van der Waals surface area contributed by atoms with Crippen molar-refractivity contribution < 1.29 is 4.52 Å². The van der Waals surface area contributed by atoms with Crippen LogP contribution >= 0.6 is 0 Å². The summed E-state index contributed by atoms with van der Waals surface area (Å²) in [5.74, 6) is 0.979. The predicted octanol–water partition coefficient (Wildman–Crippen LogP) is 4.43. The van der Waals surface area contributed by atoms with E-state index in [0.717, 1.165) is 27.4 Å². The van der Waals surface area contributed by atoms with Gasteiger partial charge < -0.3 is 9.51 Å². The summed E-state index contributed by atoms with van der Waals surface area (Å²) in [4.78, 5) is 12.3. The van der Waals surface area contributed by atoms with Crippen LogP contribution in [-0.2, 0) is 0 Å². The van der Waals surface area contributed by atoms with Gasteiger partial charge in [-0.05, 0) is 12.1 Å². The SMILES string of the molecule is c1ccc(-c2noc(-c3cc4c(cn3)[nH]c3ccccc34)n2)cc1. The first-order chi connectivity index (χ1) is 11.9. The van der Waals surface area contributed by atoms with Gasteiger partial charge in [0.05, 0.1) is 11.7 Å². The van der Waals surface area contributed by atoms with E-state index < -0.39 is 0 Å². The van der Waals surface area contributed by atoms with Gasteiger partial charge in [0, 0.05) is 21.9 Å². The van der Waals surface area contributed by atoms with Gasteiger partial charge in [-0.25, -0.2) is 4.98 Å². The summed E-state index contributed by atoms with van der Waals surface area (Å²) < 4.78 is 5.41. The molecule has 114 valence electrons. The van der Waals surface area contributed by atoms with Crippen LogP contribution in [0.3, 0.4) is 0 Å². The minimum absolute atomic E-state index is 0.418. The summed E-state index contributed by atoms with van der Waals surface area (Å²) in [6.45, 7) is 0. The first-order valence-electron chi connectivity index (χ1n) is 7.64. The fourth-order valence-electron chi connectivity index (χ4n) is 2.90. The molecular formula is C19H12N4O. The van der Waals surface area contributed by atoms with Gasteiger partial charge in [-0.15, -0.1) is 0 Å². The van der Waals surface area contributed by atoms with Gasteiger partial charge in [0.25, 0.3) is 5.89 Å². The number of rotatable bonds is 2. The molecule has 0 atom stereocenters. The van der Waals surface area contributed by atoms with Crippen LogP contribution in [0.15, 0.2) is 71.4 Å². The number of benzene rings is 2. The van der Waals surface area contributed by atoms with E-state index in [4.69, 9.17) is 4.52 Å². The Bertz CT molecular complexity index is 1160. The van der Waals surface area contributed by atoms with Crippen molar-refractivity contribution in [3.63, 3.8) is 0 Å². The summed E-state index contributed by atoms with van der Waals surface area (Å²) >= 11 is 0. The number of pyridine rings is 1. The van der Waals surface area contributed by atoms with Crippen LogP contribution in [0.2, 0.25) is 0 Å². The average molecular weight is 312 g/mol. The maximum absolute atomic E-state index is 5.41. The Hall–Kier alpha value is -3.47. The fraction of sp³-hybridized carbons (Fsp3) is 0. The third-order valence-corrected chi connectivity index (χ3v) is 4.07. The molecule has 5 heteroatoms. The number of aromatic amines is 1. The van der Waals surface area contributed by atoms with Crippen LogP contribution in [-0.4, -0.2) is 20.1 Å².